The SMILES string of the molecule is CNC(=O)c1cn(CC2CCCN(Cc3cccc(-c4ccc(NC(=O)OC(C)(C)C)cc4)n3)C2)nn1. The Hall–Kier alpha value is -3.79. The van der Waals surface area contributed by atoms with Crippen molar-refractivity contribution in [1.29, 1.82) is 0 Å². The van der Waals surface area contributed by atoms with Crippen LogP contribution in [0.5, 0.6) is 0 Å². The Kier molecular flexibility index (Phi) is 8.17. The second kappa shape index (κ2) is 11.5. The maximum atomic E-state index is 12.0. The molecule has 0 spiro atoms. The molecule has 4 rings (SSSR count). The number of piperidine rings is 1. The molecule has 3 heterocycles. The molecule has 0 aliphatic carbocycles. The van der Waals surface area contributed by atoms with E-state index in [1.807, 2.05) is 57.2 Å². The lowest BCUT2D eigenvalue weighted by atomic mass is 9.98. The Morgan fingerprint density at radius 3 is 2.65 bits per heavy atom. The van der Waals surface area contributed by atoms with Crippen molar-refractivity contribution in [3.05, 3.63) is 60.0 Å². The van der Waals surface area contributed by atoms with Crippen molar-refractivity contribution in [3.63, 3.8) is 0 Å². The smallest absolute Gasteiger partial charge is 0.412 e. The zero-order valence-corrected chi connectivity index (χ0v) is 21.9. The lowest BCUT2D eigenvalue weighted by Crippen LogP contribution is -2.36. The summed E-state index contributed by atoms with van der Waals surface area (Å²) in [5.74, 6) is 0.206. The van der Waals surface area contributed by atoms with E-state index < -0.39 is 11.7 Å². The lowest BCUT2D eigenvalue weighted by molar-refractivity contribution is 0.0635. The molecule has 1 aliphatic heterocycles. The van der Waals surface area contributed by atoms with Crippen LogP contribution in [0.25, 0.3) is 11.3 Å². The van der Waals surface area contributed by atoms with Crippen LogP contribution in [0.4, 0.5) is 10.5 Å². The standard InChI is InChI=1S/C27H35N7O3/c1-27(2,3)37-26(36)30-21-12-10-20(11-13-21)23-9-5-8-22(29-23)17-33-14-6-7-19(15-33)16-34-18-24(31-32-34)25(35)28-4/h5,8-13,18-19H,6-7,14-17H2,1-4H3,(H,28,35)(H,30,36). The summed E-state index contributed by atoms with van der Waals surface area (Å²) in [4.78, 5) is 31.1. The predicted molar refractivity (Wildman–Crippen MR) is 141 cm³/mol. The molecule has 2 N–H and O–H groups in total. The van der Waals surface area contributed by atoms with Gasteiger partial charge >= 0.3 is 6.09 Å². The number of pyridine rings is 1. The molecular formula is C27H35N7O3. The van der Waals surface area contributed by atoms with Gasteiger partial charge in [0.25, 0.3) is 5.91 Å². The van der Waals surface area contributed by atoms with Crippen LogP contribution in [-0.4, -0.2) is 62.6 Å². The maximum Gasteiger partial charge on any atom is 0.412 e. The van der Waals surface area contributed by atoms with Gasteiger partial charge in [0.1, 0.15) is 5.60 Å². The fourth-order valence-electron chi connectivity index (χ4n) is 4.43. The maximum absolute atomic E-state index is 12.0. The number of ether oxygens (including phenoxy) is 1. The molecule has 2 aromatic heterocycles. The van der Waals surface area contributed by atoms with Gasteiger partial charge in [0.15, 0.2) is 5.69 Å². The third-order valence-corrected chi connectivity index (χ3v) is 6.07. The van der Waals surface area contributed by atoms with Gasteiger partial charge in [-0.25, -0.2) is 4.79 Å². The Morgan fingerprint density at radius 2 is 1.92 bits per heavy atom. The highest BCUT2D eigenvalue weighted by molar-refractivity contribution is 5.91. The average Bonchev–Trinajstić information content (AvgIpc) is 3.32. The van der Waals surface area contributed by atoms with E-state index in [9.17, 15) is 9.59 Å². The minimum Gasteiger partial charge on any atom is -0.444 e. The third kappa shape index (κ3) is 7.60. The molecule has 2 amide bonds. The van der Waals surface area contributed by atoms with Crippen LogP contribution >= 0.6 is 0 Å². The number of likely N-dealkylation sites (tertiary alicyclic amines) is 1. The number of carbonyl (C=O) groups excluding carboxylic acids is 2. The quantitative estimate of drug-likeness (QED) is 0.500. The van der Waals surface area contributed by atoms with Crippen LogP contribution < -0.4 is 10.6 Å². The summed E-state index contributed by atoms with van der Waals surface area (Å²) in [6.07, 6.45) is 3.45. The number of nitrogens with one attached hydrogen (secondary N) is 2. The van der Waals surface area contributed by atoms with Crippen molar-refractivity contribution in [1.82, 2.24) is 30.2 Å². The number of rotatable bonds is 7. The molecule has 10 heteroatoms. The van der Waals surface area contributed by atoms with Crippen LogP contribution in [0, 0.1) is 5.92 Å². The molecule has 3 aromatic rings. The van der Waals surface area contributed by atoms with Crippen LogP contribution in [0.15, 0.2) is 48.7 Å². The van der Waals surface area contributed by atoms with Crippen LogP contribution in [0.1, 0.15) is 49.8 Å². The van der Waals surface area contributed by atoms with Gasteiger partial charge in [0, 0.05) is 37.9 Å². The fraction of sp³-hybridized carbons (Fsp3) is 0.444. The van der Waals surface area contributed by atoms with Gasteiger partial charge in [0.2, 0.25) is 0 Å². The van der Waals surface area contributed by atoms with E-state index in [-0.39, 0.29) is 5.91 Å². The third-order valence-electron chi connectivity index (χ3n) is 6.07. The monoisotopic (exact) mass is 505 g/mol. The van der Waals surface area contributed by atoms with Gasteiger partial charge in [-0.05, 0) is 70.3 Å². The lowest BCUT2D eigenvalue weighted by Gasteiger charge is -2.32. The highest BCUT2D eigenvalue weighted by Crippen LogP contribution is 2.23. The topological polar surface area (TPSA) is 114 Å². The Balaban J connectivity index is 1.34. The number of carbonyl (C=O) groups is 2. The molecule has 1 atom stereocenters. The average molecular weight is 506 g/mol. The molecule has 1 saturated heterocycles. The van der Waals surface area contributed by atoms with Crippen LogP contribution in [0.2, 0.25) is 0 Å². The summed E-state index contributed by atoms with van der Waals surface area (Å²) >= 11 is 0. The molecule has 0 radical (unpaired) electrons. The van der Waals surface area contributed by atoms with E-state index in [1.165, 1.54) is 0 Å². The molecule has 1 unspecified atom stereocenters. The van der Waals surface area contributed by atoms with E-state index in [4.69, 9.17) is 9.72 Å². The summed E-state index contributed by atoms with van der Waals surface area (Å²) in [5.41, 5.74) is 3.34. The number of aromatic nitrogens is 4. The summed E-state index contributed by atoms with van der Waals surface area (Å²) < 4.78 is 7.07. The van der Waals surface area contributed by atoms with Crippen molar-refractivity contribution in [2.24, 2.45) is 5.92 Å². The van der Waals surface area contributed by atoms with E-state index in [2.05, 4.69) is 31.9 Å². The van der Waals surface area contributed by atoms with Crippen LogP contribution in [0.3, 0.4) is 0 Å². The number of amides is 2. The van der Waals surface area contributed by atoms with Crippen molar-refractivity contribution >= 4 is 17.7 Å². The molecule has 37 heavy (non-hydrogen) atoms. The molecule has 1 aliphatic rings. The first kappa shape index (κ1) is 26.3. The number of hydrogen-bond donors (Lipinski definition) is 2. The number of benzene rings is 1. The van der Waals surface area contributed by atoms with Gasteiger partial charge in [-0.3, -0.25) is 24.7 Å². The minimum absolute atomic E-state index is 0.226. The van der Waals surface area contributed by atoms with Gasteiger partial charge in [0.05, 0.1) is 17.6 Å². The summed E-state index contributed by atoms with van der Waals surface area (Å²) in [6.45, 7) is 8.96. The normalized spacial score (nSPS) is 16.3. The first-order chi connectivity index (χ1) is 17.7. The first-order valence-electron chi connectivity index (χ1n) is 12.6. The highest BCUT2D eigenvalue weighted by atomic mass is 16.6. The van der Waals surface area contributed by atoms with E-state index in [0.717, 1.165) is 56.0 Å². The van der Waals surface area contributed by atoms with Gasteiger partial charge in [-0.1, -0.05) is 23.4 Å². The van der Waals surface area contributed by atoms with Crippen molar-refractivity contribution in [2.45, 2.75) is 52.3 Å². The molecular weight excluding hydrogens is 470 g/mol. The minimum atomic E-state index is -0.546. The summed E-state index contributed by atoms with van der Waals surface area (Å²) in [5, 5.41) is 13.4. The molecule has 0 saturated carbocycles. The Bertz CT molecular complexity index is 1220. The van der Waals surface area contributed by atoms with E-state index >= 15 is 0 Å². The van der Waals surface area contributed by atoms with Gasteiger partial charge < -0.3 is 10.1 Å². The molecule has 10 nitrogen and oxygen atoms in total. The number of hydrogen-bond acceptors (Lipinski definition) is 7. The van der Waals surface area contributed by atoms with Gasteiger partial charge in [-0.15, -0.1) is 5.10 Å². The summed E-state index contributed by atoms with van der Waals surface area (Å²) in [7, 11) is 1.59. The Labute approximate surface area is 217 Å². The summed E-state index contributed by atoms with van der Waals surface area (Å²) in [6, 6.07) is 13.7. The second-order valence-corrected chi connectivity index (χ2v) is 10.4. The Morgan fingerprint density at radius 1 is 1.14 bits per heavy atom. The predicted octanol–water partition coefficient (Wildman–Crippen LogP) is 3.96. The fourth-order valence-corrected chi connectivity index (χ4v) is 4.43. The molecule has 0 bridgehead atoms. The highest BCUT2D eigenvalue weighted by Gasteiger charge is 2.22. The van der Waals surface area contributed by atoms with E-state index in [0.29, 0.717) is 17.3 Å². The molecule has 1 fully saturated rings. The zero-order chi connectivity index (χ0) is 26.4. The van der Waals surface area contributed by atoms with Crippen LogP contribution in [-0.2, 0) is 17.8 Å². The largest absolute Gasteiger partial charge is 0.444 e. The van der Waals surface area contributed by atoms with Crippen molar-refractivity contribution in [3.8, 4) is 11.3 Å². The zero-order valence-electron chi connectivity index (χ0n) is 21.9. The van der Waals surface area contributed by atoms with E-state index in [1.54, 1.807) is 17.9 Å². The molecule has 1 aromatic carbocycles. The first-order valence-corrected chi connectivity index (χ1v) is 12.6. The number of nitrogens with zero attached hydrogens (tertiary/aromatic N) is 5. The number of anilines is 1. The van der Waals surface area contributed by atoms with Gasteiger partial charge in [-0.2, -0.15) is 0 Å². The van der Waals surface area contributed by atoms with Crippen molar-refractivity contribution in [2.75, 3.05) is 25.5 Å². The van der Waals surface area contributed by atoms with Crippen molar-refractivity contribution < 1.29 is 14.3 Å². The second-order valence-electron chi connectivity index (χ2n) is 10.4. The molecule has 196 valence electrons.